The first kappa shape index (κ1) is 16.4. The minimum Gasteiger partial charge on any atom is -0.357 e. The number of nitrogens with zero attached hydrogens (tertiary/aromatic N) is 5. The summed E-state index contributed by atoms with van der Waals surface area (Å²) < 4.78 is 7.74. The molecule has 0 amide bonds. The molecule has 0 aliphatic carbocycles. The van der Waals surface area contributed by atoms with Crippen molar-refractivity contribution in [2.45, 2.75) is 25.5 Å². The number of hydrogen-bond acceptors (Lipinski definition) is 5. The van der Waals surface area contributed by atoms with Crippen LogP contribution in [0.25, 0.3) is 33.3 Å². The molecule has 1 atom stereocenters. The topological polar surface area (TPSA) is 81.5 Å². The summed E-state index contributed by atoms with van der Waals surface area (Å²) in [7, 11) is 0. The highest BCUT2D eigenvalue weighted by Gasteiger charge is 2.18. The van der Waals surface area contributed by atoms with E-state index in [1.807, 2.05) is 35.4 Å². The Hall–Kier alpha value is -2.77. The van der Waals surface area contributed by atoms with Gasteiger partial charge in [0.1, 0.15) is 6.23 Å². The van der Waals surface area contributed by atoms with E-state index in [-0.39, 0.29) is 6.23 Å². The van der Waals surface area contributed by atoms with Crippen LogP contribution < -0.4 is 0 Å². The van der Waals surface area contributed by atoms with Gasteiger partial charge in [0, 0.05) is 29.3 Å². The summed E-state index contributed by atoms with van der Waals surface area (Å²) in [5.41, 5.74) is 4.67. The van der Waals surface area contributed by atoms with E-state index in [2.05, 4.69) is 31.6 Å². The number of fused-ring (bicyclic) bond motifs is 1. The van der Waals surface area contributed by atoms with Crippen LogP contribution in [0.3, 0.4) is 0 Å². The summed E-state index contributed by atoms with van der Waals surface area (Å²) in [5.74, 6) is 0. The molecule has 1 aliphatic rings. The molecule has 0 bridgehead atoms. The molecule has 1 unspecified atom stereocenters. The standard InChI is InChI=1S/C19H17ClN6O/c20-17-7-6-16(23-24-17)14-5-4-13(15-10-21-25-19(14)15)12-9-22-26(11-12)18-3-1-2-8-27-18/h4-7,9-11,18H,1-3,8H2,(H,21,25). The zero-order valence-corrected chi connectivity index (χ0v) is 15.2. The smallest absolute Gasteiger partial charge is 0.151 e. The fourth-order valence-electron chi connectivity index (χ4n) is 3.53. The van der Waals surface area contributed by atoms with Crippen molar-refractivity contribution >= 4 is 22.5 Å². The molecule has 1 N–H and O–H groups in total. The molecule has 136 valence electrons. The highest BCUT2D eigenvalue weighted by Crippen LogP contribution is 2.34. The fraction of sp³-hybridized carbons (Fsp3) is 0.263. The molecule has 0 spiro atoms. The maximum atomic E-state index is 5.85. The third-order valence-electron chi connectivity index (χ3n) is 4.89. The lowest BCUT2D eigenvalue weighted by Crippen LogP contribution is -2.18. The molecule has 1 aliphatic heterocycles. The average Bonchev–Trinajstić information content (AvgIpc) is 3.39. The molecule has 4 aromatic rings. The summed E-state index contributed by atoms with van der Waals surface area (Å²) in [6.45, 7) is 0.794. The maximum Gasteiger partial charge on any atom is 0.151 e. The zero-order valence-electron chi connectivity index (χ0n) is 14.5. The Morgan fingerprint density at radius 1 is 1.07 bits per heavy atom. The van der Waals surface area contributed by atoms with E-state index >= 15 is 0 Å². The Morgan fingerprint density at radius 2 is 2.00 bits per heavy atom. The molecule has 1 fully saturated rings. The first-order valence-corrected chi connectivity index (χ1v) is 9.29. The lowest BCUT2D eigenvalue weighted by molar-refractivity contribution is -0.0394. The van der Waals surface area contributed by atoms with Crippen LogP contribution in [0.4, 0.5) is 0 Å². The number of H-pyrrole nitrogens is 1. The lowest BCUT2D eigenvalue weighted by atomic mass is 10.0. The molecular weight excluding hydrogens is 364 g/mol. The Balaban J connectivity index is 1.55. The van der Waals surface area contributed by atoms with Crippen LogP contribution in [0, 0.1) is 0 Å². The number of halogens is 1. The van der Waals surface area contributed by atoms with Crippen molar-refractivity contribution in [2.75, 3.05) is 6.61 Å². The van der Waals surface area contributed by atoms with Crippen molar-refractivity contribution in [3.05, 3.63) is 48.0 Å². The number of benzene rings is 1. The second-order valence-electron chi connectivity index (χ2n) is 6.59. The predicted octanol–water partition coefficient (Wildman–Crippen LogP) is 4.24. The van der Waals surface area contributed by atoms with Gasteiger partial charge in [-0.1, -0.05) is 17.7 Å². The number of ether oxygens (including phenoxy) is 1. The molecule has 0 saturated carbocycles. The number of aromatic nitrogens is 6. The highest BCUT2D eigenvalue weighted by atomic mass is 35.5. The van der Waals surface area contributed by atoms with Crippen molar-refractivity contribution < 1.29 is 4.74 Å². The van der Waals surface area contributed by atoms with E-state index in [4.69, 9.17) is 16.3 Å². The van der Waals surface area contributed by atoms with E-state index in [1.54, 1.807) is 6.07 Å². The van der Waals surface area contributed by atoms with E-state index in [1.165, 1.54) is 6.42 Å². The van der Waals surface area contributed by atoms with E-state index < -0.39 is 0 Å². The third-order valence-corrected chi connectivity index (χ3v) is 5.09. The van der Waals surface area contributed by atoms with Gasteiger partial charge in [0.15, 0.2) is 5.15 Å². The SMILES string of the molecule is Clc1ccc(-c2ccc(-c3cnn(C4CCCCO4)c3)c3cn[nH]c23)nn1. The zero-order chi connectivity index (χ0) is 18.2. The average molecular weight is 381 g/mol. The number of hydrogen-bond donors (Lipinski definition) is 1. The molecule has 7 nitrogen and oxygen atoms in total. The van der Waals surface area contributed by atoms with Crippen molar-refractivity contribution in [3.8, 4) is 22.4 Å². The summed E-state index contributed by atoms with van der Waals surface area (Å²) in [6, 6.07) is 7.66. The molecule has 0 radical (unpaired) electrons. The lowest BCUT2D eigenvalue weighted by Gasteiger charge is -2.22. The quantitative estimate of drug-likeness (QED) is 0.575. The highest BCUT2D eigenvalue weighted by molar-refractivity contribution is 6.29. The van der Waals surface area contributed by atoms with Crippen LogP contribution in [0.15, 0.2) is 42.9 Å². The Morgan fingerprint density at radius 3 is 2.81 bits per heavy atom. The van der Waals surface area contributed by atoms with Crippen molar-refractivity contribution in [1.29, 1.82) is 0 Å². The first-order valence-electron chi connectivity index (χ1n) is 8.91. The van der Waals surface area contributed by atoms with Gasteiger partial charge in [-0.2, -0.15) is 10.2 Å². The predicted molar refractivity (Wildman–Crippen MR) is 102 cm³/mol. The Kier molecular flexibility index (Phi) is 4.10. The van der Waals surface area contributed by atoms with Crippen molar-refractivity contribution in [1.82, 2.24) is 30.2 Å². The van der Waals surface area contributed by atoms with Gasteiger partial charge in [-0.05, 0) is 43.0 Å². The summed E-state index contributed by atoms with van der Waals surface area (Å²) in [6.07, 6.45) is 9.05. The van der Waals surface area contributed by atoms with E-state index in [0.717, 1.165) is 52.7 Å². The van der Waals surface area contributed by atoms with E-state index in [9.17, 15) is 0 Å². The van der Waals surface area contributed by atoms with Crippen molar-refractivity contribution in [3.63, 3.8) is 0 Å². The van der Waals surface area contributed by atoms with Crippen LogP contribution in [0.1, 0.15) is 25.5 Å². The number of nitrogens with one attached hydrogen (secondary N) is 1. The molecule has 1 aromatic carbocycles. The van der Waals surface area contributed by atoms with Crippen LogP contribution in [-0.4, -0.2) is 36.8 Å². The molecule has 27 heavy (non-hydrogen) atoms. The summed E-state index contributed by atoms with van der Waals surface area (Å²) in [4.78, 5) is 0. The minimum absolute atomic E-state index is 0.0240. The van der Waals surface area contributed by atoms with Crippen LogP contribution in [0.2, 0.25) is 5.15 Å². The van der Waals surface area contributed by atoms with Gasteiger partial charge >= 0.3 is 0 Å². The Labute approximate surface area is 160 Å². The molecule has 8 heteroatoms. The van der Waals surface area contributed by atoms with Gasteiger partial charge < -0.3 is 4.74 Å². The largest absolute Gasteiger partial charge is 0.357 e. The Bertz CT molecular complexity index is 1080. The molecular formula is C19H17ClN6O. The van der Waals surface area contributed by atoms with Gasteiger partial charge in [-0.25, -0.2) is 4.68 Å². The molecule has 4 heterocycles. The van der Waals surface area contributed by atoms with E-state index in [0.29, 0.717) is 5.15 Å². The molecule has 5 rings (SSSR count). The van der Waals surface area contributed by atoms with Crippen molar-refractivity contribution in [2.24, 2.45) is 0 Å². The molecule has 1 saturated heterocycles. The van der Waals surface area contributed by atoms with Gasteiger partial charge in [-0.3, -0.25) is 5.10 Å². The number of aromatic amines is 1. The first-order chi connectivity index (χ1) is 13.3. The van der Waals surface area contributed by atoms with Gasteiger partial charge in [-0.15, -0.1) is 10.2 Å². The summed E-state index contributed by atoms with van der Waals surface area (Å²) >= 11 is 5.85. The number of rotatable bonds is 3. The third kappa shape index (κ3) is 2.98. The monoisotopic (exact) mass is 380 g/mol. The van der Waals surface area contributed by atoms with Crippen LogP contribution in [-0.2, 0) is 4.74 Å². The fourth-order valence-corrected chi connectivity index (χ4v) is 3.63. The maximum absolute atomic E-state index is 5.85. The summed E-state index contributed by atoms with van der Waals surface area (Å²) in [5, 5.41) is 21.3. The van der Waals surface area contributed by atoms with Crippen LogP contribution in [0.5, 0.6) is 0 Å². The minimum atomic E-state index is 0.0240. The molecule has 3 aromatic heterocycles. The van der Waals surface area contributed by atoms with Gasteiger partial charge in [0.2, 0.25) is 0 Å². The second kappa shape index (κ2) is 6.75. The normalized spacial score (nSPS) is 17.4. The van der Waals surface area contributed by atoms with Gasteiger partial charge in [0.25, 0.3) is 0 Å². The van der Waals surface area contributed by atoms with Gasteiger partial charge in [0.05, 0.1) is 23.6 Å². The van der Waals surface area contributed by atoms with Crippen LogP contribution >= 0.6 is 11.6 Å². The second-order valence-corrected chi connectivity index (χ2v) is 6.98.